The third-order valence-electron chi connectivity index (χ3n) is 6.49. The van der Waals surface area contributed by atoms with E-state index >= 15 is 0 Å². The summed E-state index contributed by atoms with van der Waals surface area (Å²) in [6, 6.07) is 19.6. The Morgan fingerprint density at radius 1 is 0.821 bits per heavy atom. The van der Waals surface area contributed by atoms with Crippen molar-refractivity contribution in [2.45, 2.75) is 41.7 Å². The van der Waals surface area contributed by atoms with Gasteiger partial charge >= 0.3 is 0 Å². The van der Waals surface area contributed by atoms with Crippen molar-refractivity contribution in [2.24, 2.45) is 0 Å². The minimum atomic E-state index is -3.24. The van der Waals surface area contributed by atoms with Gasteiger partial charge in [0.05, 0.1) is 9.64 Å². The van der Waals surface area contributed by atoms with Crippen LogP contribution in [0.15, 0.2) is 65.6 Å². The van der Waals surface area contributed by atoms with Crippen LogP contribution in [0.3, 0.4) is 0 Å². The number of para-hydroxylation sites is 1. The highest BCUT2D eigenvalue weighted by Crippen LogP contribution is 2.46. The van der Waals surface area contributed by atoms with Crippen molar-refractivity contribution >= 4 is 15.5 Å². The predicted molar refractivity (Wildman–Crippen MR) is 115 cm³/mol. The summed E-state index contributed by atoms with van der Waals surface area (Å²) >= 11 is 0. The van der Waals surface area contributed by atoms with E-state index in [0.29, 0.717) is 4.90 Å². The Hall–Kier alpha value is -1.85. The molecule has 1 aliphatic carbocycles. The van der Waals surface area contributed by atoms with Gasteiger partial charge in [0.2, 0.25) is 0 Å². The maximum absolute atomic E-state index is 13.2. The minimum Gasteiger partial charge on any atom is -0.369 e. The Labute approximate surface area is 169 Å². The van der Waals surface area contributed by atoms with Gasteiger partial charge in [0, 0.05) is 31.9 Å². The molecule has 5 heteroatoms. The molecule has 1 saturated carbocycles. The second-order valence-electron chi connectivity index (χ2n) is 8.12. The van der Waals surface area contributed by atoms with Crippen LogP contribution in [0.25, 0.3) is 0 Å². The van der Waals surface area contributed by atoms with Crippen molar-refractivity contribution in [2.75, 3.05) is 37.6 Å². The smallest absolute Gasteiger partial charge is 0.184 e. The monoisotopic (exact) mass is 398 g/mol. The highest BCUT2D eigenvalue weighted by Gasteiger charge is 2.48. The molecule has 0 radical (unpaired) electrons. The lowest BCUT2D eigenvalue weighted by atomic mass is 9.81. The summed E-state index contributed by atoms with van der Waals surface area (Å²) in [6.07, 6.45) is 4.39. The Morgan fingerprint density at radius 2 is 1.43 bits per heavy atom. The molecule has 0 spiro atoms. The van der Waals surface area contributed by atoms with Crippen LogP contribution in [-0.4, -0.2) is 50.8 Å². The van der Waals surface area contributed by atoms with Gasteiger partial charge in [-0.15, -0.1) is 0 Å². The van der Waals surface area contributed by atoms with Gasteiger partial charge in [0.25, 0.3) is 0 Å². The van der Waals surface area contributed by atoms with E-state index in [0.717, 1.165) is 64.8 Å². The molecule has 2 aromatic carbocycles. The molecule has 2 aromatic rings. The molecule has 28 heavy (non-hydrogen) atoms. The number of hydrogen-bond donors (Lipinski definition) is 0. The third-order valence-corrected chi connectivity index (χ3v) is 9.13. The summed E-state index contributed by atoms with van der Waals surface area (Å²) in [4.78, 5) is 5.41. The summed E-state index contributed by atoms with van der Waals surface area (Å²) in [6.45, 7) is 5.17. The number of benzene rings is 2. The van der Waals surface area contributed by atoms with Crippen molar-refractivity contribution in [3.63, 3.8) is 0 Å². The maximum atomic E-state index is 13.2. The minimum absolute atomic E-state index is 0.492. The molecule has 1 aliphatic heterocycles. The van der Waals surface area contributed by atoms with Crippen LogP contribution in [0, 0.1) is 0 Å². The van der Waals surface area contributed by atoms with E-state index in [-0.39, 0.29) is 0 Å². The van der Waals surface area contributed by atoms with E-state index in [1.165, 1.54) is 5.69 Å². The summed E-state index contributed by atoms with van der Waals surface area (Å²) in [5.41, 5.74) is 1.30. The SMILES string of the molecule is O=S(=O)(c1ccccc1)C1(CCCN2CCN(c3ccccc3)CC2)CCC1. The molecule has 0 bridgehead atoms. The summed E-state index contributed by atoms with van der Waals surface area (Å²) in [5.74, 6) is 0. The molecule has 0 aromatic heterocycles. The van der Waals surface area contributed by atoms with Crippen molar-refractivity contribution in [3.05, 3.63) is 60.7 Å². The zero-order chi connectivity index (χ0) is 19.5. The van der Waals surface area contributed by atoms with Gasteiger partial charge in [-0.25, -0.2) is 8.42 Å². The molecule has 4 rings (SSSR count). The maximum Gasteiger partial charge on any atom is 0.184 e. The fraction of sp³-hybridized carbons (Fsp3) is 0.478. The molecule has 0 unspecified atom stereocenters. The van der Waals surface area contributed by atoms with Crippen LogP contribution in [0.2, 0.25) is 0 Å². The highest BCUT2D eigenvalue weighted by atomic mass is 32.2. The Morgan fingerprint density at radius 3 is 2.00 bits per heavy atom. The first-order valence-corrected chi connectivity index (χ1v) is 11.9. The number of nitrogens with zero attached hydrogens (tertiary/aromatic N) is 2. The van der Waals surface area contributed by atoms with Crippen LogP contribution < -0.4 is 4.90 Å². The number of anilines is 1. The molecule has 0 atom stereocenters. The zero-order valence-corrected chi connectivity index (χ0v) is 17.3. The van der Waals surface area contributed by atoms with Gasteiger partial charge in [-0.2, -0.15) is 0 Å². The van der Waals surface area contributed by atoms with Gasteiger partial charge in [-0.05, 0) is 56.5 Å². The van der Waals surface area contributed by atoms with E-state index in [4.69, 9.17) is 0 Å². The zero-order valence-electron chi connectivity index (χ0n) is 16.5. The van der Waals surface area contributed by atoms with Gasteiger partial charge in [-0.1, -0.05) is 42.8 Å². The molecule has 4 nitrogen and oxygen atoms in total. The van der Waals surface area contributed by atoms with Crippen molar-refractivity contribution in [1.82, 2.24) is 4.90 Å². The molecular weight excluding hydrogens is 368 g/mol. The predicted octanol–water partition coefficient (Wildman–Crippen LogP) is 3.99. The quantitative estimate of drug-likeness (QED) is 0.707. The lowest BCUT2D eigenvalue weighted by Gasteiger charge is -2.42. The first-order chi connectivity index (χ1) is 13.6. The Balaban J connectivity index is 1.30. The topological polar surface area (TPSA) is 40.6 Å². The average molecular weight is 399 g/mol. The normalized spacial score (nSPS) is 19.9. The lowest BCUT2D eigenvalue weighted by molar-refractivity contribution is 0.234. The number of rotatable bonds is 7. The molecule has 1 heterocycles. The molecule has 0 N–H and O–H groups in total. The Bertz CT molecular complexity index is 856. The first-order valence-electron chi connectivity index (χ1n) is 10.4. The number of sulfone groups is 1. The van der Waals surface area contributed by atoms with Crippen molar-refractivity contribution < 1.29 is 8.42 Å². The first kappa shape index (κ1) is 19.5. The Kier molecular flexibility index (Phi) is 5.74. The fourth-order valence-electron chi connectivity index (χ4n) is 4.57. The van der Waals surface area contributed by atoms with Gasteiger partial charge in [-0.3, -0.25) is 4.90 Å². The van der Waals surface area contributed by atoms with Crippen LogP contribution in [0.4, 0.5) is 5.69 Å². The second kappa shape index (κ2) is 8.26. The summed E-state index contributed by atoms with van der Waals surface area (Å²) in [7, 11) is -3.24. The standard InChI is InChI=1S/C23H30N2O2S/c26-28(27,22-11-5-2-6-12-22)23(13-7-14-23)15-8-16-24-17-19-25(20-18-24)21-9-3-1-4-10-21/h1-6,9-12H,7-8,13-20H2. The molecular formula is C23H30N2O2S. The average Bonchev–Trinajstić information content (AvgIpc) is 2.71. The number of hydrogen-bond acceptors (Lipinski definition) is 4. The summed E-state index contributed by atoms with van der Waals surface area (Å²) in [5, 5.41) is 0. The van der Waals surface area contributed by atoms with Crippen LogP contribution >= 0.6 is 0 Å². The molecule has 150 valence electrons. The van der Waals surface area contributed by atoms with E-state index in [1.54, 1.807) is 12.1 Å². The van der Waals surface area contributed by atoms with Crippen LogP contribution in [0.5, 0.6) is 0 Å². The van der Waals surface area contributed by atoms with Gasteiger partial charge < -0.3 is 4.90 Å². The van der Waals surface area contributed by atoms with Gasteiger partial charge in [0.1, 0.15) is 0 Å². The summed E-state index contributed by atoms with van der Waals surface area (Å²) < 4.78 is 25.9. The fourth-order valence-corrected chi connectivity index (χ4v) is 6.82. The van der Waals surface area contributed by atoms with E-state index < -0.39 is 14.6 Å². The van der Waals surface area contributed by atoms with Crippen LogP contribution in [0.1, 0.15) is 32.1 Å². The van der Waals surface area contributed by atoms with Crippen molar-refractivity contribution in [1.29, 1.82) is 0 Å². The third kappa shape index (κ3) is 3.83. The van der Waals surface area contributed by atoms with Crippen LogP contribution in [-0.2, 0) is 9.84 Å². The van der Waals surface area contributed by atoms with E-state index in [1.807, 2.05) is 18.2 Å². The van der Waals surface area contributed by atoms with E-state index in [9.17, 15) is 8.42 Å². The second-order valence-corrected chi connectivity index (χ2v) is 10.5. The molecule has 2 aliphatic rings. The largest absolute Gasteiger partial charge is 0.369 e. The highest BCUT2D eigenvalue weighted by molar-refractivity contribution is 7.93. The van der Waals surface area contributed by atoms with Crippen molar-refractivity contribution in [3.8, 4) is 0 Å². The van der Waals surface area contributed by atoms with E-state index in [2.05, 4.69) is 40.1 Å². The molecule has 1 saturated heterocycles. The molecule has 0 amide bonds. The molecule has 2 fully saturated rings. The lowest BCUT2D eigenvalue weighted by Crippen LogP contribution is -2.48. The number of piperazine rings is 1. The van der Waals surface area contributed by atoms with Gasteiger partial charge in [0.15, 0.2) is 9.84 Å².